The molecule has 1 aromatic heterocycles. The number of halogens is 2. The van der Waals surface area contributed by atoms with Gasteiger partial charge in [0.05, 0.1) is 0 Å². The number of aromatic nitrogens is 1. The molecule has 0 atom stereocenters. The highest BCUT2D eigenvalue weighted by molar-refractivity contribution is 9.10. The maximum Gasteiger partial charge on any atom is 0.123 e. The summed E-state index contributed by atoms with van der Waals surface area (Å²) in [5, 5.41) is 4.24. The third-order valence-electron chi connectivity index (χ3n) is 3.23. The highest BCUT2D eigenvalue weighted by Gasteiger charge is 2.11. The van der Waals surface area contributed by atoms with Gasteiger partial charge in [0.15, 0.2) is 0 Å². The lowest BCUT2D eigenvalue weighted by atomic mass is 10.2. The van der Waals surface area contributed by atoms with Crippen molar-refractivity contribution in [3.63, 3.8) is 0 Å². The molecule has 0 aliphatic rings. The molecule has 5 heteroatoms. The van der Waals surface area contributed by atoms with E-state index in [4.69, 9.17) is 0 Å². The van der Waals surface area contributed by atoms with Gasteiger partial charge in [0, 0.05) is 37.9 Å². The first kappa shape index (κ1) is 14.6. The van der Waals surface area contributed by atoms with Crippen LogP contribution in [-0.4, -0.2) is 12.0 Å². The van der Waals surface area contributed by atoms with Gasteiger partial charge in [0.2, 0.25) is 0 Å². The molecule has 0 aliphatic heterocycles. The van der Waals surface area contributed by atoms with Crippen molar-refractivity contribution in [2.45, 2.75) is 16.3 Å². The van der Waals surface area contributed by atoms with E-state index < -0.39 is 0 Å². The van der Waals surface area contributed by atoms with Crippen LogP contribution in [0.25, 0.3) is 10.9 Å². The molecule has 2 aromatic carbocycles. The summed E-state index contributed by atoms with van der Waals surface area (Å²) in [6, 6.07) is 11.0. The lowest BCUT2D eigenvalue weighted by molar-refractivity contribution is 0.621. The molecule has 0 fully saturated rings. The van der Waals surface area contributed by atoms with Crippen LogP contribution in [0.1, 0.15) is 5.56 Å². The molecule has 2 nitrogen and oxygen atoms in total. The van der Waals surface area contributed by atoms with E-state index in [0.29, 0.717) is 6.54 Å². The van der Waals surface area contributed by atoms with E-state index in [1.54, 1.807) is 17.8 Å². The zero-order valence-corrected chi connectivity index (χ0v) is 13.8. The van der Waals surface area contributed by atoms with Crippen LogP contribution in [0.5, 0.6) is 0 Å². The van der Waals surface area contributed by atoms with Crippen LogP contribution in [0, 0.1) is 5.82 Å². The zero-order valence-electron chi connectivity index (χ0n) is 11.4. The molecule has 0 spiro atoms. The highest BCUT2D eigenvalue weighted by Crippen LogP contribution is 2.38. The summed E-state index contributed by atoms with van der Waals surface area (Å²) in [6.07, 6.45) is 1.99. The molecule has 0 radical (unpaired) electrons. The topological polar surface area (TPSA) is 27.8 Å². The molecule has 0 amide bonds. The van der Waals surface area contributed by atoms with Crippen molar-refractivity contribution in [1.82, 2.24) is 10.3 Å². The number of hydrogen-bond donors (Lipinski definition) is 2. The largest absolute Gasteiger partial charge is 0.360 e. The van der Waals surface area contributed by atoms with Crippen molar-refractivity contribution in [1.29, 1.82) is 0 Å². The predicted octanol–water partition coefficient (Wildman–Crippen LogP) is 4.94. The van der Waals surface area contributed by atoms with Gasteiger partial charge in [0.25, 0.3) is 0 Å². The first-order chi connectivity index (χ1) is 10.2. The molecule has 3 aromatic rings. The minimum absolute atomic E-state index is 0.204. The lowest BCUT2D eigenvalue weighted by Crippen LogP contribution is -2.06. The second kappa shape index (κ2) is 6.22. The predicted molar refractivity (Wildman–Crippen MR) is 89.3 cm³/mol. The Morgan fingerprint density at radius 3 is 2.90 bits per heavy atom. The van der Waals surface area contributed by atoms with E-state index in [2.05, 4.69) is 26.2 Å². The van der Waals surface area contributed by atoms with Gasteiger partial charge in [-0.1, -0.05) is 33.8 Å². The molecule has 1 heterocycles. The summed E-state index contributed by atoms with van der Waals surface area (Å²) in [6.45, 7) is 0.642. The Morgan fingerprint density at radius 2 is 2.10 bits per heavy atom. The van der Waals surface area contributed by atoms with Crippen LogP contribution in [0.3, 0.4) is 0 Å². The van der Waals surface area contributed by atoms with Gasteiger partial charge >= 0.3 is 0 Å². The first-order valence-corrected chi connectivity index (χ1v) is 8.16. The fourth-order valence-corrected chi connectivity index (χ4v) is 4.07. The minimum atomic E-state index is -0.204. The van der Waals surface area contributed by atoms with Gasteiger partial charge in [-0.05, 0) is 42.9 Å². The van der Waals surface area contributed by atoms with E-state index in [9.17, 15) is 4.39 Å². The summed E-state index contributed by atoms with van der Waals surface area (Å²) in [7, 11) is 1.86. The molecule has 0 saturated heterocycles. The van der Waals surface area contributed by atoms with Crippen LogP contribution >= 0.6 is 27.7 Å². The number of fused-ring (bicyclic) bond motifs is 1. The number of H-pyrrole nitrogens is 1. The fraction of sp³-hybridized carbons (Fsp3) is 0.125. The third kappa shape index (κ3) is 3.00. The van der Waals surface area contributed by atoms with Crippen molar-refractivity contribution < 1.29 is 4.39 Å². The number of aromatic amines is 1. The van der Waals surface area contributed by atoms with E-state index in [0.717, 1.165) is 30.7 Å². The Balaban J connectivity index is 2.03. The summed E-state index contributed by atoms with van der Waals surface area (Å²) < 4.78 is 14.5. The van der Waals surface area contributed by atoms with Crippen molar-refractivity contribution in [2.24, 2.45) is 0 Å². The number of rotatable bonds is 4. The van der Waals surface area contributed by atoms with E-state index in [1.165, 1.54) is 6.07 Å². The SMILES string of the molecule is CNCc1cc(F)ccc1Sc1c[nH]c2cccc(Br)c12. The molecule has 0 unspecified atom stereocenters. The smallest absolute Gasteiger partial charge is 0.123 e. The van der Waals surface area contributed by atoms with Crippen LogP contribution in [-0.2, 0) is 6.54 Å². The summed E-state index contributed by atoms with van der Waals surface area (Å²) in [5.74, 6) is -0.204. The van der Waals surface area contributed by atoms with Crippen LogP contribution < -0.4 is 5.32 Å². The van der Waals surface area contributed by atoms with Crippen LogP contribution in [0.2, 0.25) is 0 Å². The zero-order chi connectivity index (χ0) is 14.8. The maximum absolute atomic E-state index is 13.4. The van der Waals surface area contributed by atoms with Gasteiger partial charge < -0.3 is 10.3 Å². The van der Waals surface area contributed by atoms with Crippen molar-refractivity contribution in [2.75, 3.05) is 7.05 Å². The lowest BCUT2D eigenvalue weighted by Gasteiger charge is -2.09. The molecular weight excluding hydrogens is 351 g/mol. The van der Waals surface area contributed by atoms with Gasteiger partial charge in [-0.3, -0.25) is 0 Å². The minimum Gasteiger partial charge on any atom is -0.360 e. The quantitative estimate of drug-likeness (QED) is 0.685. The second-order valence-electron chi connectivity index (χ2n) is 4.70. The van der Waals surface area contributed by atoms with Gasteiger partial charge in [-0.2, -0.15) is 0 Å². The Kier molecular flexibility index (Phi) is 4.33. The molecule has 3 rings (SSSR count). The van der Waals surface area contributed by atoms with E-state index in [1.807, 2.05) is 37.5 Å². The van der Waals surface area contributed by atoms with Crippen LogP contribution in [0.15, 0.2) is 56.9 Å². The highest BCUT2D eigenvalue weighted by atomic mass is 79.9. The Labute approximate surface area is 135 Å². The average molecular weight is 365 g/mol. The number of hydrogen-bond acceptors (Lipinski definition) is 2. The molecule has 21 heavy (non-hydrogen) atoms. The summed E-state index contributed by atoms with van der Waals surface area (Å²) in [4.78, 5) is 5.46. The van der Waals surface area contributed by atoms with Gasteiger partial charge in [-0.15, -0.1) is 0 Å². The summed E-state index contributed by atoms with van der Waals surface area (Å²) >= 11 is 5.24. The maximum atomic E-state index is 13.4. The van der Waals surface area contributed by atoms with Crippen molar-refractivity contribution >= 4 is 38.6 Å². The monoisotopic (exact) mass is 364 g/mol. The fourth-order valence-electron chi connectivity index (χ4n) is 2.29. The van der Waals surface area contributed by atoms with Crippen molar-refractivity contribution in [3.8, 4) is 0 Å². The standard InChI is InChI=1S/C16H14BrFN2S/c1-19-8-10-7-11(18)5-6-14(10)21-15-9-20-13-4-2-3-12(17)16(13)15/h2-7,9,19-20H,8H2,1H3. The Hall–Kier alpha value is -1.30. The van der Waals surface area contributed by atoms with Gasteiger partial charge in [-0.25, -0.2) is 4.39 Å². The van der Waals surface area contributed by atoms with Crippen LogP contribution in [0.4, 0.5) is 4.39 Å². The normalized spacial score (nSPS) is 11.2. The molecule has 108 valence electrons. The van der Waals surface area contributed by atoms with E-state index >= 15 is 0 Å². The van der Waals surface area contributed by atoms with Crippen molar-refractivity contribution in [3.05, 3.63) is 58.4 Å². The average Bonchev–Trinajstić information content (AvgIpc) is 2.87. The molecule has 0 bridgehead atoms. The molecule has 0 saturated carbocycles. The number of nitrogens with one attached hydrogen (secondary N) is 2. The van der Waals surface area contributed by atoms with Gasteiger partial charge in [0.1, 0.15) is 5.82 Å². The Bertz CT molecular complexity index is 785. The second-order valence-corrected chi connectivity index (χ2v) is 6.64. The molecule has 2 N–H and O–H groups in total. The third-order valence-corrected chi connectivity index (χ3v) is 5.05. The first-order valence-electron chi connectivity index (χ1n) is 6.55. The molecular formula is C16H14BrFN2S. The van der Waals surface area contributed by atoms with E-state index in [-0.39, 0.29) is 5.82 Å². The summed E-state index contributed by atoms with van der Waals surface area (Å²) in [5.41, 5.74) is 2.05. The number of benzene rings is 2. The Morgan fingerprint density at radius 1 is 1.24 bits per heavy atom. The molecule has 0 aliphatic carbocycles.